The smallest absolute Gasteiger partial charge is 0.254 e. The zero-order valence-corrected chi connectivity index (χ0v) is 20.9. The number of halogens is 1. The van der Waals surface area contributed by atoms with Crippen LogP contribution in [0.4, 0.5) is 4.39 Å². The molecule has 2 saturated carbocycles. The van der Waals surface area contributed by atoms with Gasteiger partial charge in [-0.2, -0.15) is 0 Å². The van der Waals surface area contributed by atoms with E-state index in [1.54, 1.807) is 6.07 Å². The molecule has 3 aromatic carbocycles. The molecule has 0 bridgehead atoms. The molecule has 182 valence electrons. The predicted octanol–water partition coefficient (Wildman–Crippen LogP) is 7.50. The van der Waals surface area contributed by atoms with Crippen LogP contribution in [0.3, 0.4) is 0 Å². The zero-order valence-electron chi connectivity index (χ0n) is 20.9. The van der Waals surface area contributed by atoms with E-state index in [0.29, 0.717) is 17.4 Å². The maximum atomic E-state index is 15.2. The van der Waals surface area contributed by atoms with Gasteiger partial charge < -0.3 is 9.47 Å². The molecule has 36 heavy (non-hydrogen) atoms. The van der Waals surface area contributed by atoms with Crippen LogP contribution in [0.1, 0.15) is 83.1 Å². The Kier molecular flexibility index (Phi) is 4.89. The van der Waals surface area contributed by atoms with Gasteiger partial charge in [0, 0.05) is 35.6 Å². The van der Waals surface area contributed by atoms with Gasteiger partial charge in [0.25, 0.3) is 5.91 Å². The molecule has 4 heteroatoms. The summed E-state index contributed by atoms with van der Waals surface area (Å²) >= 11 is 0. The van der Waals surface area contributed by atoms with Gasteiger partial charge in [0.05, 0.1) is 11.7 Å². The fourth-order valence-electron chi connectivity index (χ4n) is 6.20. The van der Waals surface area contributed by atoms with Crippen molar-refractivity contribution in [3.8, 4) is 11.3 Å². The number of carbonyl (C=O) groups excluding carboxylic acids is 1. The van der Waals surface area contributed by atoms with Gasteiger partial charge in [0.2, 0.25) is 0 Å². The lowest BCUT2D eigenvalue weighted by molar-refractivity contribution is 0.0677. The predicted molar refractivity (Wildman–Crippen MR) is 142 cm³/mol. The summed E-state index contributed by atoms with van der Waals surface area (Å²) in [6.07, 6.45) is 5.50. The molecule has 0 spiro atoms. The van der Waals surface area contributed by atoms with Crippen LogP contribution in [0.2, 0.25) is 0 Å². The average Bonchev–Trinajstić information content (AvgIpc) is 3.81. The minimum atomic E-state index is -0.157. The molecule has 2 heterocycles. The van der Waals surface area contributed by atoms with Crippen LogP contribution in [-0.2, 0) is 13.5 Å². The number of benzene rings is 3. The van der Waals surface area contributed by atoms with Crippen molar-refractivity contribution in [1.82, 2.24) is 9.47 Å². The Labute approximate surface area is 211 Å². The average molecular weight is 479 g/mol. The van der Waals surface area contributed by atoms with Crippen LogP contribution in [0, 0.1) is 5.82 Å². The van der Waals surface area contributed by atoms with Gasteiger partial charge in [-0.15, -0.1) is 0 Å². The number of nitrogens with zero attached hydrogens (tertiary/aromatic N) is 2. The Hall–Kier alpha value is -3.40. The van der Waals surface area contributed by atoms with Crippen molar-refractivity contribution >= 4 is 16.8 Å². The molecule has 2 fully saturated rings. The van der Waals surface area contributed by atoms with Crippen molar-refractivity contribution < 1.29 is 9.18 Å². The Morgan fingerprint density at radius 3 is 2.44 bits per heavy atom. The Bertz CT molecular complexity index is 1520. The zero-order chi connectivity index (χ0) is 24.6. The number of amides is 1. The Morgan fingerprint density at radius 2 is 1.69 bits per heavy atom. The second-order valence-corrected chi connectivity index (χ2v) is 11.0. The number of aryl methyl sites for hydroxylation is 1. The Balaban J connectivity index is 1.30. The first-order valence-corrected chi connectivity index (χ1v) is 13.3. The summed E-state index contributed by atoms with van der Waals surface area (Å²) in [6.45, 7) is 2.86. The van der Waals surface area contributed by atoms with E-state index < -0.39 is 0 Å². The van der Waals surface area contributed by atoms with Gasteiger partial charge in [-0.3, -0.25) is 4.79 Å². The minimum Gasteiger partial charge on any atom is -0.344 e. The highest BCUT2D eigenvalue weighted by atomic mass is 19.1. The fraction of sp³-hybridized carbons (Fsp3) is 0.344. The summed E-state index contributed by atoms with van der Waals surface area (Å²) in [6, 6.07) is 20.5. The third kappa shape index (κ3) is 3.49. The van der Waals surface area contributed by atoms with E-state index >= 15 is 4.39 Å². The molecule has 0 unspecified atom stereocenters. The number of rotatable bonds is 4. The van der Waals surface area contributed by atoms with E-state index in [-0.39, 0.29) is 17.8 Å². The highest BCUT2D eigenvalue weighted by molar-refractivity contribution is 6.01. The van der Waals surface area contributed by atoms with Crippen LogP contribution in [0.25, 0.3) is 22.2 Å². The molecule has 1 amide bonds. The molecule has 0 radical (unpaired) electrons. The molecule has 7 rings (SSSR count). The van der Waals surface area contributed by atoms with Gasteiger partial charge in [-0.05, 0) is 103 Å². The van der Waals surface area contributed by atoms with Crippen molar-refractivity contribution in [2.45, 2.75) is 56.9 Å². The maximum absolute atomic E-state index is 15.2. The largest absolute Gasteiger partial charge is 0.344 e. The quantitative estimate of drug-likeness (QED) is 0.298. The molecular formula is C32H31FN2O. The van der Waals surface area contributed by atoms with Gasteiger partial charge in [0.15, 0.2) is 0 Å². The Morgan fingerprint density at radius 1 is 0.917 bits per heavy atom. The summed E-state index contributed by atoms with van der Waals surface area (Å²) < 4.78 is 17.3. The lowest BCUT2D eigenvalue weighted by atomic mass is 9.92. The number of carbonyl (C=O) groups is 1. The lowest BCUT2D eigenvalue weighted by Crippen LogP contribution is -2.38. The van der Waals surface area contributed by atoms with Crippen molar-refractivity contribution in [3.63, 3.8) is 0 Å². The highest BCUT2D eigenvalue weighted by Crippen LogP contribution is 2.46. The minimum absolute atomic E-state index is 0.0468. The van der Waals surface area contributed by atoms with E-state index in [9.17, 15) is 4.79 Å². The van der Waals surface area contributed by atoms with E-state index in [2.05, 4.69) is 54.0 Å². The highest BCUT2D eigenvalue weighted by Gasteiger charge is 2.32. The fourth-order valence-corrected chi connectivity index (χ4v) is 6.20. The number of hydrogen-bond donors (Lipinski definition) is 0. The topological polar surface area (TPSA) is 25.2 Å². The summed E-state index contributed by atoms with van der Waals surface area (Å²) in [5.74, 6) is 0.941. The molecular weight excluding hydrogens is 447 g/mol. The second kappa shape index (κ2) is 8.06. The first-order valence-electron chi connectivity index (χ1n) is 13.3. The molecule has 1 aliphatic heterocycles. The number of hydrogen-bond acceptors (Lipinski definition) is 1. The first-order chi connectivity index (χ1) is 17.5. The third-order valence-electron chi connectivity index (χ3n) is 8.63. The molecule has 3 aliphatic rings. The van der Waals surface area contributed by atoms with Gasteiger partial charge >= 0.3 is 0 Å². The molecule has 1 aromatic heterocycles. The molecule has 0 N–H and O–H groups in total. The van der Waals surface area contributed by atoms with E-state index in [1.807, 2.05) is 24.1 Å². The summed E-state index contributed by atoms with van der Waals surface area (Å²) in [5, 5.41) is 1.15. The standard InChI is InChI=1S/C32H31FN2O/c1-19-25-6-4-3-5-21(25)13-14-35(19)32(36)24-15-27(22-9-10-22)28-18-31(34(2)30(28)17-24)26-12-11-23(16-29(26)33)20-7-8-20/h3-6,11-12,15-20,22H,7-10,13-14H2,1-2H3/t19-/m1/s1. The van der Waals surface area contributed by atoms with Crippen molar-refractivity contribution in [1.29, 1.82) is 0 Å². The van der Waals surface area contributed by atoms with Crippen LogP contribution >= 0.6 is 0 Å². The van der Waals surface area contributed by atoms with E-state index in [0.717, 1.165) is 66.4 Å². The van der Waals surface area contributed by atoms with Crippen LogP contribution < -0.4 is 0 Å². The van der Waals surface area contributed by atoms with Crippen LogP contribution in [0.5, 0.6) is 0 Å². The summed E-state index contributed by atoms with van der Waals surface area (Å²) in [7, 11) is 2.00. The normalized spacial score (nSPS) is 19.5. The SMILES string of the molecule is C[C@@H]1c2ccccc2CCN1C(=O)c1cc(C2CC2)c2cc(-c3ccc(C4CC4)cc3F)n(C)c2c1. The van der Waals surface area contributed by atoms with Crippen molar-refractivity contribution in [2.75, 3.05) is 6.54 Å². The second-order valence-electron chi connectivity index (χ2n) is 11.0. The summed E-state index contributed by atoms with van der Waals surface area (Å²) in [5.41, 5.74) is 8.18. The van der Waals surface area contributed by atoms with Gasteiger partial charge in [-0.25, -0.2) is 4.39 Å². The van der Waals surface area contributed by atoms with Gasteiger partial charge in [-0.1, -0.05) is 30.3 Å². The lowest BCUT2D eigenvalue weighted by Gasteiger charge is -2.35. The third-order valence-corrected chi connectivity index (χ3v) is 8.63. The van der Waals surface area contributed by atoms with Gasteiger partial charge in [0.1, 0.15) is 5.82 Å². The maximum Gasteiger partial charge on any atom is 0.254 e. The van der Waals surface area contributed by atoms with Crippen molar-refractivity contribution in [2.24, 2.45) is 7.05 Å². The monoisotopic (exact) mass is 478 g/mol. The number of aromatic nitrogens is 1. The molecule has 4 aromatic rings. The van der Waals surface area contributed by atoms with Crippen LogP contribution in [-0.4, -0.2) is 21.9 Å². The molecule has 1 atom stereocenters. The van der Waals surface area contributed by atoms with Crippen LogP contribution in [0.15, 0.2) is 60.7 Å². The van der Waals surface area contributed by atoms with E-state index in [4.69, 9.17) is 0 Å². The first kappa shape index (κ1) is 21.8. The molecule has 0 saturated heterocycles. The summed E-state index contributed by atoms with van der Waals surface area (Å²) in [4.78, 5) is 15.9. The molecule has 2 aliphatic carbocycles. The van der Waals surface area contributed by atoms with Crippen molar-refractivity contribution in [3.05, 3.63) is 94.3 Å². The number of fused-ring (bicyclic) bond motifs is 2. The molecule has 3 nitrogen and oxygen atoms in total. The van der Waals surface area contributed by atoms with E-state index in [1.165, 1.54) is 16.7 Å².